The first kappa shape index (κ1) is 22.0. The van der Waals surface area contributed by atoms with E-state index < -0.39 is 17.9 Å². The van der Waals surface area contributed by atoms with Crippen LogP contribution in [0.2, 0.25) is 0 Å². The van der Waals surface area contributed by atoms with Crippen LogP contribution in [0.15, 0.2) is 59.8 Å². The summed E-state index contributed by atoms with van der Waals surface area (Å²) in [5.74, 6) is -1.50. The zero-order valence-corrected chi connectivity index (χ0v) is 17.8. The van der Waals surface area contributed by atoms with Crippen molar-refractivity contribution in [2.45, 2.75) is 39.8 Å². The van der Waals surface area contributed by atoms with Gasteiger partial charge in [0.1, 0.15) is 6.54 Å². The lowest BCUT2D eigenvalue weighted by Crippen LogP contribution is -2.35. The van der Waals surface area contributed by atoms with Gasteiger partial charge in [0.05, 0.1) is 12.5 Å². The summed E-state index contributed by atoms with van der Waals surface area (Å²) in [6.45, 7) is 5.61. The number of amides is 1. The summed E-state index contributed by atoms with van der Waals surface area (Å²) in [5.41, 5.74) is 5.15. The third-order valence-electron chi connectivity index (χ3n) is 5.11. The van der Waals surface area contributed by atoms with E-state index in [9.17, 15) is 19.5 Å². The monoisotopic (exact) mass is 419 g/mol. The van der Waals surface area contributed by atoms with Crippen molar-refractivity contribution >= 4 is 11.9 Å². The van der Waals surface area contributed by atoms with Crippen molar-refractivity contribution in [1.82, 2.24) is 14.9 Å². The number of benzene rings is 1. The Morgan fingerprint density at radius 1 is 1.10 bits per heavy atom. The first-order valence-corrected chi connectivity index (χ1v) is 9.94. The van der Waals surface area contributed by atoms with Crippen LogP contribution >= 0.6 is 0 Å². The van der Waals surface area contributed by atoms with Crippen molar-refractivity contribution in [3.05, 3.63) is 87.6 Å². The normalized spacial score (nSPS) is 11.7. The number of aliphatic carboxylic acids is 1. The van der Waals surface area contributed by atoms with Gasteiger partial charge in [0, 0.05) is 30.2 Å². The van der Waals surface area contributed by atoms with E-state index in [1.165, 1.54) is 10.6 Å². The molecule has 2 N–H and O–H groups in total. The fraction of sp³-hybridized carbons (Fsp3) is 0.250. The fourth-order valence-electron chi connectivity index (χ4n) is 3.61. The molecule has 0 aliphatic rings. The number of nitrogens with zero attached hydrogens (tertiary/aromatic N) is 2. The van der Waals surface area contributed by atoms with Gasteiger partial charge in [-0.05, 0) is 60.7 Å². The molecule has 160 valence electrons. The Balaban J connectivity index is 1.88. The number of carboxylic acid groups (broad SMARTS) is 1. The molecule has 0 saturated carbocycles. The third-order valence-corrected chi connectivity index (χ3v) is 5.11. The van der Waals surface area contributed by atoms with E-state index >= 15 is 0 Å². The predicted molar refractivity (Wildman–Crippen MR) is 118 cm³/mol. The highest BCUT2D eigenvalue weighted by Gasteiger charge is 2.20. The standard InChI is InChI=1S/C24H25N3O4/c1-15-7-8-27(22(29)9-15)14-21(28)26-20(11-23(30)31)18-10-19(13-25-12-18)24-16(2)5-4-6-17(24)3/h4-10,12-13,20H,11,14H2,1-3H3,(H,26,28)(H,30,31)/t20-/m0/s1. The molecule has 7 nitrogen and oxygen atoms in total. The predicted octanol–water partition coefficient (Wildman–Crippen LogP) is 3.17. The number of pyridine rings is 2. The molecule has 0 aliphatic heterocycles. The number of carbonyl (C=O) groups is 2. The van der Waals surface area contributed by atoms with Crippen molar-refractivity contribution in [3.8, 4) is 11.1 Å². The average molecular weight is 419 g/mol. The minimum atomic E-state index is -1.05. The number of hydrogen-bond donors (Lipinski definition) is 2. The second kappa shape index (κ2) is 9.38. The van der Waals surface area contributed by atoms with Gasteiger partial charge in [-0.1, -0.05) is 18.2 Å². The van der Waals surface area contributed by atoms with Gasteiger partial charge in [-0.25, -0.2) is 0 Å². The van der Waals surface area contributed by atoms with Gasteiger partial charge in [0.2, 0.25) is 5.91 Å². The second-order valence-corrected chi connectivity index (χ2v) is 7.66. The molecule has 1 atom stereocenters. The summed E-state index contributed by atoms with van der Waals surface area (Å²) < 4.78 is 1.28. The van der Waals surface area contributed by atoms with Gasteiger partial charge < -0.3 is 15.0 Å². The molecule has 31 heavy (non-hydrogen) atoms. The highest BCUT2D eigenvalue weighted by atomic mass is 16.4. The molecular formula is C24H25N3O4. The summed E-state index contributed by atoms with van der Waals surface area (Å²) >= 11 is 0. The second-order valence-electron chi connectivity index (χ2n) is 7.66. The summed E-state index contributed by atoms with van der Waals surface area (Å²) in [4.78, 5) is 40.4. The molecule has 0 bridgehead atoms. The van der Waals surface area contributed by atoms with E-state index in [0.717, 1.165) is 27.8 Å². The molecule has 1 amide bonds. The molecule has 0 saturated heterocycles. The number of rotatable bonds is 7. The number of aromatic nitrogens is 2. The van der Waals surface area contributed by atoms with Crippen LogP contribution in [0.4, 0.5) is 0 Å². The van der Waals surface area contributed by atoms with Crippen molar-refractivity contribution in [2.75, 3.05) is 0 Å². The van der Waals surface area contributed by atoms with Crippen LogP contribution < -0.4 is 10.9 Å². The molecule has 0 radical (unpaired) electrons. The van der Waals surface area contributed by atoms with Gasteiger partial charge >= 0.3 is 5.97 Å². The topological polar surface area (TPSA) is 101 Å². The van der Waals surface area contributed by atoms with E-state index in [0.29, 0.717) is 5.56 Å². The Morgan fingerprint density at radius 2 is 1.81 bits per heavy atom. The van der Waals surface area contributed by atoms with Crippen LogP contribution in [-0.2, 0) is 16.1 Å². The summed E-state index contributed by atoms with van der Waals surface area (Å²) in [5, 5.41) is 12.1. The number of carbonyl (C=O) groups excluding carboxylic acids is 1. The quantitative estimate of drug-likeness (QED) is 0.613. The largest absolute Gasteiger partial charge is 0.481 e. The van der Waals surface area contributed by atoms with Crippen LogP contribution in [0.1, 0.15) is 34.7 Å². The molecule has 7 heteroatoms. The van der Waals surface area contributed by atoms with Gasteiger partial charge in [-0.3, -0.25) is 19.4 Å². The fourth-order valence-corrected chi connectivity index (χ4v) is 3.61. The lowest BCUT2D eigenvalue weighted by Gasteiger charge is -2.19. The van der Waals surface area contributed by atoms with Crippen LogP contribution in [0.25, 0.3) is 11.1 Å². The molecule has 3 aromatic rings. The minimum Gasteiger partial charge on any atom is -0.481 e. The van der Waals surface area contributed by atoms with E-state index in [4.69, 9.17) is 0 Å². The van der Waals surface area contributed by atoms with Crippen molar-refractivity contribution in [1.29, 1.82) is 0 Å². The van der Waals surface area contributed by atoms with Crippen LogP contribution in [-0.4, -0.2) is 26.5 Å². The van der Waals surface area contributed by atoms with E-state index in [1.807, 2.05) is 38.1 Å². The highest BCUT2D eigenvalue weighted by molar-refractivity contribution is 5.78. The highest BCUT2D eigenvalue weighted by Crippen LogP contribution is 2.29. The van der Waals surface area contributed by atoms with E-state index in [1.54, 1.807) is 31.6 Å². The molecular weight excluding hydrogens is 394 g/mol. The van der Waals surface area contributed by atoms with Crippen LogP contribution in [0, 0.1) is 20.8 Å². The Morgan fingerprint density at radius 3 is 2.45 bits per heavy atom. The van der Waals surface area contributed by atoms with Crippen molar-refractivity contribution < 1.29 is 14.7 Å². The molecule has 0 spiro atoms. The third kappa shape index (κ3) is 5.45. The smallest absolute Gasteiger partial charge is 0.305 e. The van der Waals surface area contributed by atoms with Gasteiger partial charge in [-0.15, -0.1) is 0 Å². The maximum Gasteiger partial charge on any atom is 0.305 e. The molecule has 1 aromatic carbocycles. The molecule has 2 aromatic heterocycles. The summed E-state index contributed by atoms with van der Waals surface area (Å²) in [6.07, 6.45) is 4.53. The Labute approximate surface area is 180 Å². The van der Waals surface area contributed by atoms with Crippen molar-refractivity contribution in [2.24, 2.45) is 0 Å². The Kier molecular flexibility index (Phi) is 6.65. The first-order chi connectivity index (χ1) is 14.7. The Bertz CT molecular complexity index is 1160. The average Bonchev–Trinajstić information content (AvgIpc) is 2.69. The van der Waals surface area contributed by atoms with Crippen LogP contribution in [0.3, 0.4) is 0 Å². The summed E-state index contributed by atoms with van der Waals surface area (Å²) in [6, 6.07) is 10.2. The number of nitrogens with one attached hydrogen (secondary N) is 1. The van der Waals surface area contributed by atoms with Gasteiger partial charge in [0.25, 0.3) is 5.56 Å². The van der Waals surface area contributed by atoms with Crippen LogP contribution in [0.5, 0.6) is 0 Å². The van der Waals surface area contributed by atoms with Crippen molar-refractivity contribution in [3.63, 3.8) is 0 Å². The first-order valence-electron chi connectivity index (χ1n) is 9.94. The molecule has 0 fully saturated rings. The maximum absolute atomic E-state index is 12.6. The van der Waals surface area contributed by atoms with Gasteiger partial charge in [-0.2, -0.15) is 0 Å². The lowest BCUT2D eigenvalue weighted by atomic mass is 9.94. The SMILES string of the molecule is Cc1ccn(CC(=O)N[C@@H](CC(=O)O)c2cncc(-c3c(C)cccc3C)c2)c(=O)c1. The van der Waals surface area contributed by atoms with Gasteiger partial charge in [0.15, 0.2) is 0 Å². The molecule has 0 unspecified atom stereocenters. The zero-order valence-electron chi connectivity index (χ0n) is 17.8. The number of carboxylic acids is 1. The van der Waals surface area contributed by atoms with E-state index in [-0.39, 0.29) is 18.5 Å². The Hall–Kier alpha value is -3.74. The minimum absolute atomic E-state index is 0.195. The molecule has 3 rings (SSSR count). The zero-order chi connectivity index (χ0) is 22.5. The van der Waals surface area contributed by atoms with E-state index in [2.05, 4.69) is 10.3 Å². The molecule has 0 aliphatic carbocycles. The number of aryl methyl sites for hydroxylation is 3. The summed E-state index contributed by atoms with van der Waals surface area (Å²) in [7, 11) is 0. The molecule has 2 heterocycles. The maximum atomic E-state index is 12.6. The number of hydrogen-bond acceptors (Lipinski definition) is 4. The lowest BCUT2D eigenvalue weighted by molar-refractivity contribution is -0.137.